The second-order valence-corrected chi connectivity index (χ2v) is 5.95. The number of furan rings is 1. The number of nitrogens with one attached hydrogen (secondary N) is 2. The highest BCUT2D eigenvalue weighted by molar-refractivity contribution is 9.10. The normalized spacial score (nSPS) is 10.3. The number of hydrogen-bond acceptors (Lipinski definition) is 3. The predicted octanol–water partition coefficient (Wildman–Crippen LogP) is 5.35. The Labute approximate surface area is 142 Å². The molecule has 0 radical (unpaired) electrons. The monoisotopic (exact) mass is 370 g/mol. The molecule has 0 bridgehead atoms. The van der Waals surface area contributed by atoms with Crippen LogP contribution in [0.1, 0.15) is 16.1 Å². The van der Waals surface area contributed by atoms with Gasteiger partial charge in [0, 0.05) is 21.5 Å². The fraction of sp³-hybridized carbons (Fsp3) is 0.0556. The predicted molar refractivity (Wildman–Crippen MR) is 95.3 cm³/mol. The van der Waals surface area contributed by atoms with Crippen LogP contribution in [0.2, 0.25) is 0 Å². The summed E-state index contributed by atoms with van der Waals surface area (Å²) in [5, 5.41) is 6.11. The third-order valence-corrected chi connectivity index (χ3v) is 4.22. The molecule has 0 aliphatic carbocycles. The lowest BCUT2D eigenvalue weighted by molar-refractivity contribution is 0.0996. The number of carbonyl (C=O) groups is 1. The minimum absolute atomic E-state index is 0.265. The Morgan fingerprint density at radius 3 is 2.35 bits per heavy atom. The first-order chi connectivity index (χ1) is 11.1. The molecule has 3 rings (SSSR count). The van der Waals surface area contributed by atoms with E-state index in [1.54, 1.807) is 12.1 Å². The molecular formula is C18H15BrN2O2. The summed E-state index contributed by atoms with van der Waals surface area (Å²) in [6, 6.07) is 16.9. The van der Waals surface area contributed by atoms with Crippen LogP contribution in [-0.4, -0.2) is 5.91 Å². The third kappa shape index (κ3) is 3.81. The molecule has 0 atom stereocenters. The number of rotatable bonds is 4. The van der Waals surface area contributed by atoms with Gasteiger partial charge in [-0.25, -0.2) is 0 Å². The molecule has 2 N–H and O–H groups in total. The number of amides is 1. The molecule has 4 nitrogen and oxygen atoms in total. The second-order valence-electron chi connectivity index (χ2n) is 5.10. The highest BCUT2D eigenvalue weighted by Gasteiger charge is 2.08. The van der Waals surface area contributed by atoms with Crippen LogP contribution in [0.3, 0.4) is 0 Å². The lowest BCUT2D eigenvalue weighted by Gasteiger charge is -2.09. The van der Waals surface area contributed by atoms with E-state index in [0.717, 1.165) is 21.4 Å². The molecule has 1 amide bonds. The maximum Gasteiger partial charge on any atom is 0.291 e. The molecule has 1 aromatic heterocycles. The lowest BCUT2D eigenvalue weighted by atomic mass is 10.2. The number of aryl methyl sites for hydroxylation is 1. The number of anilines is 3. The SMILES string of the molecule is Cc1cc(Nc2ccc(NC(=O)c3ccco3)cc2)ccc1Br. The zero-order chi connectivity index (χ0) is 16.2. The van der Waals surface area contributed by atoms with Crippen molar-refractivity contribution in [2.75, 3.05) is 10.6 Å². The number of carbonyl (C=O) groups excluding carboxylic acids is 1. The molecule has 23 heavy (non-hydrogen) atoms. The van der Waals surface area contributed by atoms with Gasteiger partial charge in [-0.15, -0.1) is 0 Å². The fourth-order valence-electron chi connectivity index (χ4n) is 2.13. The van der Waals surface area contributed by atoms with Crippen molar-refractivity contribution in [3.8, 4) is 0 Å². The van der Waals surface area contributed by atoms with Gasteiger partial charge in [0.1, 0.15) is 0 Å². The van der Waals surface area contributed by atoms with Crippen molar-refractivity contribution in [1.82, 2.24) is 0 Å². The van der Waals surface area contributed by atoms with Gasteiger partial charge in [-0.2, -0.15) is 0 Å². The summed E-state index contributed by atoms with van der Waals surface area (Å²) in [5.41, 5.74) is 3.84. The van der Waals surface area contributed by atoms with Crippen LogP contribution in [-0.2, 0) is 0 Å². The quantitative estimate of drug-likeness (QED) is 0.650. The van der Waals surface area contributed by atoms with Gasteiger partial charge in [-0.3, -0.25) is 4.79 Å². The first-order valence-corrected chi connectivity index (χ1v) is 7.89. The van der Waals surface area contributed by atoms with Crippen molar-refractivity contribution in [1.29, 1.82) is 0 Å². The number of halogens is 1. The van der Waals surface area contributed by atoms with E-state index in [0.29, 0.717) is 5.69 Å². The Morgan fingerprint density at radius 1 is 1.00 bits per heavy atom. The second kappa shape index (κ2) is 6.71. The highest BCUT2D eigenvalue weighted by Crippen LogP contribution is 2.24. The molecule has 3 aromatic rings. The maximum absolute atomic E-state index is 11.9. The van der Waals surface area contributed by atoms with Gasteiger partial charge in [0.05, 0.1) is 6.26 Å². The van der Waals surface area contributed by atoms with Crippen molar-refractivity contribution < 1.29 is 9.21 Å². The summed E-state index contributed by atoms with van der Waals surface area (Å²) in [7, 11) is 0. The van der Waals surface area contributed by atoms with Crippen LogP contribution in [0.25, 0.3) is 0 Å². The van der Waals surface area contributed by atoms with Crippen LogP contribution in [0.15, 0.2) is 69.8 Å². The van der Waals surface area contributed by atoms with Crippen LogP contribution in [0.5, 0.6) is 0 Å². The van der Waals surface area contributed by atoms with Gasteiger partial charge in [0.15, 0.2) is 5.76 Å². The Morgan fingerprint density at radius 2 is 1.70 bits per heavy atom. The molecule has 116 valence electrons. The highest BCUT2D eigenvalue weighted by atomic mass is 79.9. The number of benzene rings is 2. The molecule has 2 aromatic carbocycles. The Kier molecular flexibility index (Phi) is 4.48. The summed E-state index contributed by atoms with van der Waals surface area (Å²) in [6.07, 6.45) is 1.47. The van der Waals surface area contributed by atoms with E-state index in [2.05, 4.69) is 32.6 Å². The summed E-state index contributed by atoms with van der Waals surface area (Å²) in [6.45, 7) is 2.04. The van der Waals surface area contributed by atoms with E-state index < -0.39 is 0 Å². The Bertz CT molecular complexity index is 812. The van der Waals surface area contributed by atoms with Crippen molar-refractivity contribution in [2.45, 2.75) is 6.92 Å². The van der Waals surface area contributed by atoms with E-state index in [-0.39, 0.29) is 11.7 Å². The van der Waals surface area contributed by atoms with Crippen molar-refractivity contribution in [3.05, 3.63) is 76.7 Å². The molecule has 0 saturated heterocycles. The molecule has 0 aliphatic rings. The van der Waals surface area contributed by atoms with E-state index in [4.69, 9.17) is 4.42 Å². The summed E-state index contributed by atoms with van der Waals surface area (Å²) in [5.74, 6) is 0.0248. The van der Waals surface area contributed by atoms with Crippen LogP contribution in [0, 0.1) is 6.92 Å². The average molecular weight is 371 g/mol. The van der Waals surface area contributed by atoms with E-state index >= 15 is 0 Å². The molecular weight excluding hydrogens is 356 g/mol. The van der Waals surface area contributed by atoms with Crippen LogP contribution >= 0.6 is 15.9 Å². The zero-order valence-electron chi connectivity index (χ0n) is 12.5. The van der Waals surface area contributed by atoms with Crippen LogP contribution in [0.4, 0.5) is 17.1 Å². The van der Waals surface area contributed by atoms with Crippen LogP contribution < -0.4 is 10.6 Å². The van der Waals surface area contributed by atoms with Gasteiger partial charge in [-0.1, -0.05) is 15.9 Å². The summed E-state index contributed by atoms with van der Waals surface area (Å²) in [4.78, 5) is 11.9. The van der Waals surface area contributed by atoms with Gasteiger partial charge in [0.25, 0.3) is 5.91 Å². The largest absolute Gasteiger partial charge is 0.459 e. The topological polar surface area (TPSA) is 54.3 Å². The van der Waals surface area contributed by atoms with E-state index in [9.17, 15) is 4.79 Å². The minimum Gasteiger partial charge on any atom is -0.459 e. The molecule has 5 heteroatoms. The standard InChI is InChI=1S/C18H15BrN2O2/c1-12-11-15(8-9-16(12)19)20-13-4-6-14(7-5-13)21-18(22)17-3-2-10-23-17/h2-11,20H,1H3,(H,21,22). The Balaban J connectivity index is 1.67. The number of hydrogen-bond donors (Lipinski definition) is 2. The Hall–Kier alpha value is -2.53. The molecule has 0 fully saturated rings. The minimum atomic E-state index is -0.265. The van der Waals surface area contributed by atoms with Gasteiger partial charge >= 0.3 is 0 Å². The molecule has 0 spiro atoms. The fourth-order valence-corrected chi connectivity index (χ4v) is 2.37. The molecule has 0 saturated carbocycles. The maximum atomic E-state index is 11.9. The van der Waals surface area contributed by atoms with Crippen molar-refractivity contribution >= 4 is 38.9 Å². The van der Waals surface area contributed by atoms with Crippen molar-refractivity contribution in [3.63, 3.8) is 0 Å². The third-order valence-electron chi connectivity index (χ3n) is 3.33. The summed E-state index contributed by atoms with van der Waals surface area (Å²) < 4.78 is 6.15. The zero-order valence-corrected chi connectivity index (χ0v) is 14.1. The molecule has 0 unspecified atom stereocenters. The first-order valence-electron chi connectivity index (χ1n) is 7.10. The smallest absolute Gasteiger partial charge is 0.291 e. The van der Waals surface area contributed by atoms with Gasteiger partial charge < -0.3 is 15.1 Å². The van der Waals surface area contributed by atoms with Gasteiger partial charge in [-0.05, 0) is 67.1 Å². The molecule has 0 aliphatic heterocycles. The van der Waals surface area contributed by atoms with Gasteiger partial charge in [0.2, 0.25) is 0 Å². The van der Waals surface area contributed by atoms with E-state index in [1.807, 2.05) is 43.3 Å². The van der Waals surface area contributed by atoms with Crippen molar-refractivity contribution in [2.24, 2.45) is 0 Å². The lowest BCUT2D eigenvalue weighted by Crippen LogP contribution is -2.10. The average Bonchev–Trinajstić information content (AvgIpc) is 3.07. The first kappa shape index (κ1) is 15.4. The molecule has 1 heterocycles. The summed E-state index contributed by atoms with van der Waals surface area (Å²) >= 11 is 3.49. The van der Waals surface area contributed by atoms with E-state index in [1.165, 1.54) is 6.26 Å².